The highest BCUT2D eigenvalue weighted by Crippen LogP contribution is 2.26. The van der Waals surface area contributed by atoms with Gasteiger partial charge in [0.05, 0.1) is 11.0 Å². The first kappa shape index (κ1) is 11.0. The van der Waals surface area contributed by atoms with E-state index < -0.39 is 17.1 Å². The minimum atomic E-state index is -1.05. The molecule has 0 spiro atoms. The molecule has 0 amide bonds. The minimum absolute atomic E-state index is 0.0502. The van der Waals surface area contributed by atoms with Gasteiger partial charge in [-0.3, -0.25) is 14.8 Å². The summed E-state index contributed by atoms with van der Waals surface area (Å²) in [4.78, 5) is 10.2. The molecule has 0 radical (unpaired) electrons. The normalized spacial score (nSPS) is 25.6. The average Bonchev–Trinajstić information content (AvgIpc) is 2.61. The van der Waals surface area contributed by atoms with Gasteiger partial charge in [0.25, 0.3) is 0 Å². The van der Waals surface area contributed by atoms with Crippen molar-refractivity contribution in [2.75, 3.05) is 13.1 Å². The van der Waals surface area contributed by atoms with Crippen LogP contribution in [0.15, 0.2) is 6.20 Å². The number of nitrogens with zero attached hydrogens (tertiary/aromatic N) is 3. The quantitative estimate of drug-likeness (QED) is 0.604. The largest absolute Gasteiger partial charge is 0.314 e. The highest BCUT2D eigenvalue weighted by molar-refractivity contribution is 5.32. The Kier molecular flexibility index (Phi) is 2.86. The van der Waals surface area contributed by atoms with Crippen molar-refractivity contribution in [1.29, 1.82) is 0 Å². The van der Waals surface area contributed by atoms with Crippen LogP contribution in [0.3, 0.4) is 0 Å². The number of aromatic nitrogens is 2. The molecule has 0 aromatic carbocycles. The number of rotatable bonds is 2. The summed E-state index contributed by atoms with van der Waals surface area (Å²) in [6.45, 7) is 2.58. The fourth-order valence-corrected chi connectivity index (χ4v) is 2.01. The Balaban J connectivity index is 2.29. The molecule has 16 heavy (non-hydrogen) atoms. The average molecular weight is 228 g/mol. The Hall–Kier alpha value is -1.50. The van der Waals surface area contributed by atoms with Crippen LogP contribution in [-0.2, 0) is 0 Å². The molecule has 0 aliphatic carbocycles. The number of hydrogen-bond acceptors (Lipinski definition) is 4. The van der Waals surface area contributed by atoms with Crippen LogP contribution < -0.4 is 5.32 Å². The van der Waals surface area contributed by atoms with E-state index in [1.165, 1.54) is 10.9 Å². The second kappa shape index (κ2) is 4.17. The van der Waals surface area contributed by atoms with Crippen LogP contribution in [0.1, 0.15) is 18.2 Å². The van der Waals surface area contributed by atoms with Crippen molar-refractivity contribution < 1.29 is 9.31 Å². The van der Waals surface area contributed by atoms with Gasteiger partial charge >= 0.3 is 5.69 Å². The molecule has 1 fully saturated rings. The second-order valence-electron chi connectivity index (χ2n) is 3.89. The maximum absolute atomic E-state index is 13.6. The zero-order valence-corrected chi connectivity index (χ0v) is 8.89. The van der Waals surface area contributed by atoms with E-state index in [-0.39, 0.29) is 12.2 Å². The van der Waals surface area contributed by atoms with Crippen molar-refractivity contribution >= 4 is 5.69 Å². The monoisotopic (exact) mass is 228 g/mol. The standard InChI is InChI=1S/C9H13FN4O2/c1-6-9(14(15)16)5-12-13(6)8-2-3-11-4-7(8)10/h5,7-8,11H,2-4H2,1H3. The second-order valence-corrected chi connectivity index (χ2v) is 3.89. The summed E-state index contributed by atoms with van der Waals surface area (Å²) in [6, 6.07) is -0.394. The van der Waals surface area contributed by atoms with Gasteiger partial charge in [-0.1, -0.05) is 0 Å². The number of nitro groups is 1. The molecular weight excluding hydrogens is 215 g/mol. The van der Waals surface area contributed by atoms with E-state index in [2.05, 4.69) is 10.4 Å². The van der Waals surface area contributed by atoms with Crippen LogP contribution in [0.2, 0.25) is 0 Å². The first-order valence-corrected chi connectivity index (χ1v) is 5.14. The summed E-state index contributed by atoms with van der Waals surface area (Å²) in [7, 11) is 0. The van der Waals surface area contributed by atoms with E-state index in [9.17, 15) is 14.5 Å². The fraction of sp³-hybridized carbons (Fsp3) is 0.667. The van der Waals surface area contributed by atoms with Crippen LogP contribution in [0.5, 0.6) is 0 Å². The van der Waals surface area contributed by atoms with Gasteiger partial charge in [0, 0.05) is 6.54 Å². The third-order valence-electron chi connectivity index (χ3n) is 2.90. The molecule has 6 nitrogen and oxygen atoms in total. The zero-order chi connectivity index (χ0) is 11.7. The van der Waals surface area contributed by atoms with Crippen LogP contribution in [-0.4, -0.2) is 34.0 Å². The van der Waals surface area contributed by atoms with E-state index in [1.807, 2.05) is 0 Å². The summed E-state index contributed by atoms with van der Waals surface area (Å²) in [5, 5.41) is 17.5. The summed E-state index contributed by atoms with van der Waals surface area (Å²) in [5.41, 5.74) is 0.366. The number of piperidine rings is 1. The van der Waals surface area contributed by atoms with Gasteiger partial charge in [-0.05, 0) is 19.9 Å². The van der Waals surface area contributed by atoms with Crippen molar-refractivity contribution in [3.05, 3.63) is 22.0 Å². The summed E-state index contributed by atoms with van der Waals surface area (Å²) in [6.07, 6.45) is 0.734. The van der Waals surface area contributed by atoms with Crippen LogP contribution in [0, 0.1) is 17.0 Å². The maximum atomic E-state index is 13.6. The van der Waals surface area contributed by atoms with E-state index in [1.54, 1.807) is 6.92 Å². The van der Waals surface area contributed by atoms with E-state index >= 15 is 0 Å². The molecule has 1 aliphatic heterocycles. The van der Waals surface area contributed by atoms with Crippen molar-refractivity contribution in [3.63, 3.8) is 0 Å². The van der Waals surface area contributed by atoms with E-state index in [0.717, 1.165) is 0 Å². The lowest BCUT2D eigenvalue weighted by atomic mass is 10.1. The zero-order valence-electron chi connectivity index (χ0n) is 8.89. The topological polar surface area (TPSA) is 73.0 Å². The van der Waals surface area contributed by atoms with Gasteiger partial charge < -0.3 is 5.32 Å². The molecule has 7 heteroatoms. The van der Waals surface area contributed by atoms with Gasteiger partial charge in [-0.2, -0.15) is 5.10 Å². The number of nitrogens with one attached hydrogen (secondary N) is 1. The molecule has 0 saturated carbocycles. The molecule has 2 rings (SSSR count). The SMILES string of the molecule is Cc1c([N+](=O)[O-])cnn1C1CCNCC1F. The number of hydrogen-bond donors (Lipinski definition) is 1. The first-order chi connectivity index (χ1) is 7.61. The summed E-state index contributed by atoms with van der Waals surface area (Å²) < 4.78 is 15.1. The molecular formula is C9H13FN4O2. The lowest BCUT2D eigenvalue weighted by molar-refractivity contribution is -0.385. The molecule has 2 heterocycles. The Morgan fingerprint density at radius 1 is 1.75 bits per heavy atom. The van der Waals surface area contributed by atoms with Gasteiger partial charge in [0.1, 0.15) is 18.1 Å². The molecule has 1 N–H and O–H groups in total. The van der Waals surface area contributed by atoms with E-state index in [0.29, 0.717) is 18.7 Å². The van der Waals surface area contributed by atoms with Crippen molar-refractivity contribution in [2.45, 2.75) is 25.6 Å². The van der Waals surface area contributed by atoms with Crippen LogP contribution in [0.4, 0.5) is 10.1 Å². The Morgan fingerprint density at radius 3 is 3.06 bits per heavy atom. The van der Waals surface area contributed by atoms with Crippen LogP contribution in [0.25, 0.3) is 0 Å². The predicted molar refractivity (Wildman–Crippen MR) is 55.0 cm³/mol. The van der Waals surface area contributed by atoms with Crippen molar-refractivity contribution in [1.82, 2.24) is 15.1 Å². The first-order valence-electron chi connectivity index (χ1n) is 5.14. The third-order valence-corrected chi connectivity index (χ3v) is 2.90. The Bertz CT molecular complexity index is 406. The van der Waals surface area contributed by atoms with Crippen molar-refractivity contribution in [2.24, 2.45) is 0 Å². The lowest BCUT2D eigenvalue weighted by Crippen LogP contribution is -2.39. The highest BCUT2D eigenvalue weighted by atomic mass is 19.1. The van der Waals surface area contributed by atoms with E-state index in [4.69, 9.17) is 0 Å². The molecule has 2 atom stereocenters. The van der Waals surface area contributed by atoms with Crippen molar-refractivity contribution in [3.8, 4) is 0 Å². The fourth-order valence-electron chi connectivity index (χ4n) is 2.01. The smallest absolute Gasteiger partial charge is 0.309 e. The third kappa shape index (κ3) is 1.78. The molecule has 2 unspecified atom stereocenters. The maximum Gasteiger partial charge on any atom is 0.309 e. The minimum Gasteiger partial charge on any atom is -0.314 e. The number of halogens is 1. The predicted octanol–water partition coefficient (Wildman–Crippen LogP) is 0.972. The molecule has 88 valence electrons. The van der Waals surface area contributed by atoms with Gasteiger partial charge in [-0.25, -0.2) is 4.39 Å². The Labute approximate surface area is 91.6 Å². The van der Waals surface area contributed by atoms with Gasteiger partial charge in [0.2, 0.25) is 0 Å². The Morgan fingerprint density at radius 2 is 2.50 bits per heavy atom. The molecule has 1 saturated heterocycles. The lowest BCUT2D eigenvalue weighted by Gasteiger charge is -2.27. The molecule has 0 bridgehead atoms. The van der Waals surface area contributed by atoms with Gasteiger partial charge in [-0.15, -0.1) is 0 Å². The molecule has 1 aliphatic rings. The molecule has 1 aromatic heterocycles. The highest BCUT2D eigenvalue weighted by Gasteiger charge is 2.30. The summed E-state index contributed by atoms with van der Waals surface area (Å²) >= 11 is 0. The van der Waals surface area contributed by atoms with Crippen LogP contribution >= 0.6 is 0 Å². The molecule has 1 aromatic rings. The number of alkyl halides is 1. The summed E-state index contributed by atoms with van der Waals surface area (Å²) in [5.74, 6) is 0. The van der Waals surface area contributed by atoms with Gasteiger partial charge in [0.15, 0.2) is 0 Å².